The van der Waals surface area contributed by atoms with Crippen LogP contribution >= 0.6 is 0 Å². The standard InChI is InChI=1S/C14H15NO4/c16-13(15-7-10-2-1-5-19-10)11-8-3-4-9(6-8)12(11)14(17)18/h1-5,8-9,11-12H,6-7H2,(H,15,16)(H,17,18)/t8?,9?,11-,12+/m0/s1. The number of carboxylic acids is 1. The van der Waals surface area contributed by atoms with Crippen LogP contribution in [0.1, 0.15) is 12.2 Å². The highest BCUT2D eigenvalue weighted by Gasteiger charge is 2.51. The topological polar surface area (TPSA) is 79.5 Å². The number of carboxylic acid groups (broad SMARTS) is 1. The van der Waals surface area contributed by atoms with Gasteiger partial charge in [-0.15, -0.1) is 0 Å². The molecule has 5 nitrogen and oxygen atoms in total. The van der Waals surface area contributed by atoms with Gasteiger partial charge in [-0.05, 0) is 30.4 Å². The van der Waals surface area contributed by atoms with Crippen molar-refractivity contribution >= 4 is 11.9 Å². The Morgan fingerprint density at radius 3 is 2.68 bits per heavy atom. The van der Waals surface area contributed by atoms with Crippen LogP contribution in [0, 0.1) is 23.7 Å². The number of carbonyl (C=O) groups is 2. The van der Waals surface area contributed by atoms with Crippen molar-refractivity contribution in [2.75, 3.05) is 0 Å². The Labute approximate surface area is 110 Å². The third kappa shape index (κ3) is 2.05. The van der Waals surface area contributed by atoms with Crippen LogP contribution in [0.15, 0.2) is 35.0 Å². The Hall–Kier alpha value is -2.04. The van der Waals surface area contributed by atoms with Gasteiger partial charge in [0.25, 0.3) is 0 Å². The second-order valence-electron chi connectivity index (χ2n) is 5.14. The fourth-order valence-electron chi connectivity index (χ4n) is 3.22. The SMILES string of the molecule is O=C(O)[C@@H]1C2C=CC(C2)[C@@H]1C(=O)NCc1ccco1. The summed E-state index contributed by atoms with van der Waals surface area (Å²) < 4.78 is 5.14. The lowest BCUT2D eigenvalue weighted by Gasteiger charge is -2.23. The first kappa shape index (κ1) is 12.0. The molecule has 3 rings (SSSR count). The predicted octanol–water partition coefficient (Wildman–Crippen LogP) is 1.42. The highest BCUT2D eigenvalue weighted by atomic mass is 16.4. The molecule has 2 unspecified atom stereocenters. The molecule has 1 saturated carbocycles. The highest BCUT2D eigenvalue weighted by Crippen LogP contribution is 2.48. The van der Waals surface area contributed by atoms with Gasteiger partial charge in [0.1, 0.15) is 5.76 Å². The summed E-state index contributed by atoms with van der Waals surface area (Å²) >= 11 is 0. The van der Waals surface area contributed by atoms with E-state index < -0.39 is 17.8 Å². The molecule has 100 valence electrons. The molecule has 2 N–H and O–H groups in total. The molecule has 0 aromatic carbocycles. The van der Waals surface area contributed by atoms with Crippen molar-refractivity contribution in [3.05, 3.63) is 36.3 Å². The summed E-state index contributed by atoms with van der Waals surface area (Å²) in [6, 6.07) is 3.53. The first-order chi connectivity index (χ1) is 9.16. The largest absolute Gasteiger partial charge is 0.481 e. The molecule has 1 fully saturated rings. The van der Waals surface area contributed by atoms with Crippen LogP contribution in [0.5, 0.6) is 0 Å². The Balaban J connectivity index is 1.68. The number of rotatable bonds is 4. The van der Waals surface area contributed by atoms with Gasteiger partial charge in [-0.2, -0.15) is 0 Å². The van der Waals surface area contributed by atoms with E-state index in [0.717, 1.165) is 6.42 Å². The van der Waals surface area contributed by atoms with Crippen molar-refractivity contribution in [1.29, 1.82) is 0 Å². The number of furan rings is 1. The van der Waals surface area contributed by atoms with Crippen molar-refractivity contribution in [3.8, 4) is 0 Å². The minimum atomic E-state index is -0.880. The van der Waals surface area contributed by atoms with Crippen molar-refractivity contribution in [2.45, 2.75) is 13.0 Å². The monoisotopic (exact) mass is 261 g/mol. The number of fused-ring (bicyclic) bond motifs is 2. The third-order valence-corrected chi connectivity index (χ3v) is 4.06. The molecule has 1 heterocycles. The number of nitrogens with one attached hydrogen (secondary N) is 1. The first-order valence-electron chi connectivity index (χ1n) is 6.38. The molecule has 4 atom stereocenters. The van der Waals surface area contributed by atoms with Gasteiger partial charge in [-0.1, -0.05) is 12.2 Å². The smallest absolute Gasteiger partial charge is 0.307 e. The molecule has 1 aromatic heterocycles. The third-order valence-electron chi connectivity index (χ3n) is 4.06. The summed E-state index contributed by atoms with van der Waals surface area (Å²) in [5.74, 6) is -1.40. The minimum absolute atomic E-state index is 0.00172. The molecule has 0 aliphatic heterocycles. The quantitative estimate of drug-likeness (QED) is 0.803. The molecule has 2 aliphatic rings. The minimum Gasteiger partial charge on any atom is -0.481 e. The number of hydrogen-bond acceptors (Lipinski definition) is 3. The Bertz CT molecular complexity index is 520. The second-order valence-corrected chi connectivity index (χ2v) is 5.14. The van der Waals surface area contributed by atoms with Crippen molar-refractivity contribution in [1.82, 2.24) is 5.32 Å². The van der Waals surface area contributed by atoms with Gasteiger partial charge in [0.15, 0.2) is 0 Å². The lowest BCUT2D eigenvalue weighted by Crippen LogP contribution is -2.39. The predicted molar refractivity (Wildman–Crippen MR) is 65.9 cm³/mol. The molecule has 0 spiro atoms. The normalized spacial score (nSPS) is 31.6. The lowest BCUT2D eigenvalue weighted by atomic mass is 9.82. The Morgan fingerprint density at radius 1 is 1.32 bits per heavy atom. The van der Waals surface area contributed by atoms with E-state index in [1.807, 2.05) is 12.2 Å². The maximum absolute atomic E-state index is 12.2. The van der Waals surface area contributed by atoms with Gasteiger partial charge >= 0.3 is 5.97 Å². The van der Waals surface area contributed by atoms with E-state index in [9.17, 15) is 14.7 Å². The summed E-state index contributed by atoms with van der Waals surface area (Å²) in [4.78, 5) is 23.5. The molecular weight excluding hydrogens is 246 g/mol. The van der Waals surface area contributed by atoms with Crippen molar-refractivity contribution in [2.24, 2.45) is 23.7 Å². The summed E-state index contributed by atoms with van der Waals surface area (Å²) in [6.07, 6.45) is 6.22. The van der Waals surface area contributed by atoms with Crippen LogP contribution < -0.4 is 5.32 Å². The van der Waals surface area contributed by atoms with Gasteiger partial charge in [-0.3, -0.25) is 9.59 Å². The molecule has 2 bridgehead atoms. The maximum Gasteiger partial charge on any atom is 0.307 e. The van der Waals surface area contributed by atoms with Gasteiger partial charge < -0.3 is 14.8 Å². The van der Waals surface area contributed by atoms with Crippen LogP contribution in [-0.2, 0) is 16.1 Å². The van der Waals surface area contributed by atoms with Crippen LogP contribution in [0.2, 0.25) is 0 Å². The molecule has 19 heavy (non-hydrogen) atoms. The molecule has 5 heteroatoms. The summed E-state index contributed by atoms with van der Waals surface area (Å²) in [6.45, 7) is 0.301. The number of amides is 1. The average Bonchev–Trinajstić information content (AvgIpc) is 3.10. The zero-order valence-electron chi connectivity index (χ0n) is 10.3. The van der Waals surface area contributed by atoms with Gasteiger partial charge in [0, 0.05) is 0 Å². The van der Waals surface area contributed by atoms with Crippen LogP contribution in [0.4, 0.5) is 0 Å². The first-order valence-corrected chi connectivity index (χ1v) is 6.38. The molecule has 1 amide bonds. The van der Waals surface area contributed by atoms with Gasteiger partial charge in [0.2, 0.25) is 5.91 Å². The summed E-state index contributed by atoms with van der Waals surface area (Å²) in [5, 5.41) is 12.0. The van der Waals surface area contributed by atoms with E-state index in [2.05, 4.69) is 5.32 Å². The lowest BCUT2D eigenvalue weighted by molar-refractivity contribution is -0.147. The van der Waals surface area contributed by atoms with E-state index >= 15 is 0 Å². The molecule has 2 aliphatic carbocycles. The summed E-state index contributed by atoms with van der Waals surface area (Å²) in [7, 11) is 0. The Morgan fingerprint density at radius 2 is 2.05 bits per heavy atom. The van der Waals surface area contributed by atoms with E-state index in [1.165, 1.54) is 0 Å². The average molecular weight is 261 g/mol. The van der Waals surface area contributed by atoms with Gasteiger partial charge in [0.05, 0.1) is 24.6 Å². The zero-order valence-corrected chi connectivity index (χ0v) is 10.3. The molecule has 1 aromatic rings. The van der Waals surface area contributed by atoms with E-state index in [-0.39, 0.29) is 17.7 Å². The number of carbonyl (C=O) groups excluding carboxylic acids is 1. The number of allylic oxidation sites excluding steroid dienone is 2. The van der Waals surface area contributed by atoms with E-state index in [0.29, 0.717) is 12.3 Å². The number of aliphatic carboxylic acids is 1. The highest BCUT2D eigenvalue weighted by molar-refractivity contribution is 5.86. The molecular formula is C14H15NO4. The molecule has 0 radical (unpaired) electrons. The van der Waals surface area contributed by atoms with E-state index in [4.69, 9.17) is 4.42 Å². The zero-order chi connectivity index (χ0) is 13.4. The maximum atomic E-state index is 12.2. The van der Waals surface area contributed by atoms with Crippen LogP contribution in [0.25, 0.3) is 0 Å². The molecule has 0 saturated heterocycles. The fraction of sp³-hybridized carbons (Fsp3) is 0.429. The fourth-order valence-corrected chi connectivity index (χ4v) is 3.22. The Kier molecular flexibility index (Phi) is 2.89. The van der Waals surface area contributed by atoms with Crippen LogP contribution in [0.3, 0.4) is 0 Å². The van der Waals surface area contributed by atoms with Crippen molar-refractivity contribution < 1.29 is 19.1 Å². The second kappa shape index (κ2) is 4.57. The number of hydrogen-bond donors (Lipinski definition) is 2. The van der Waals surface area contributed by atoms with E-state index in [1.54, 1.807) is 18.4 Å². The summed E-state index contributed by atoms with van der Waals surface area (Å²) in [5.41, 5.74) is 0. The van der Waals surface area contributed by atoms with Gasteiger partial charge in [-0.25, -0.2) is 0 Å². The van der Waals surface area contributed by atoms with Crippen molar-refractivity contribution in [3.63, 3.8) is 0 Å². The van der Waals surface area contributed by atoms with Crippen LogP contribution in [-0.4, -0.2) is 17.0 Å².